The van der Waals surface area contributed by atoms with Gasteiger partial charge >= 0.3 is 0 Å². The van der Waals surface area contributed by atoms with Crippen molar-refractivity contribution in [3.8, 4) is 0 Å². The largest absolute Gasteiger partial charge is 0.294 e. The zero-order valence-corrected chi connectivity index (χ0v) is 3.32. The van der Waals surface area contributed by atoms with Crippen LogP contribution in [0.2, 0.25) is 0 Å². The normalized spacial score (nSPS) is 8.50. The maximum Gasteiger partial charge on any atom is 0.163 e. The van der Waals surface area contributed by atoms with Crippen molar-refractivity contribution in [2.45, 2.75) is 6.92 Å². The highest BCUT2D eigenvalue weighted by molar-refractivity contribution is 5.93. The molecule has 0 saturated heterocycles. The van der Waals surface area contributed by atoms with E-state index in [0.29, 0.717) is 0 Å². The summed E-state index contributed by atoms with van der Waals surface area (Å²) in [5.41, 5.74) is 0. The Bertz CT molecular complexity index is 133. The van der Waals surface area contributed by atoms with E-state index in [4.69, 9.17) is 1.37 Å². The molecule has 0 fully saturated rings. The van der Waals surface area contributed by atoms with E-state index in [2.05, 4.69) is 0 Å². The third kappa shape index (κ3) is 3.12. The lowest BCUT2D eigenvalue weighted by Crippen LogP contribution is -1.77. The van der Waals surface area contributed by atoms with Gasteiger partial charge in [-0.2, -0.15) is 0 Å². The third-order valence-electron chi connectivity index (χ3n) is 0.227. The maximum absolute atomic E-state index is 9.89. The van der Waals surface area contributed by atoms with E-state index in [9.17, 15) is 9.59 Å². The van der Waals surface area contributed by atoms with E-state index >= 15 is 0 Å². The van der Waals surface area contributed by atoms with E-state index in [-0.39, 0.29) is 0 Å². The fourth-order valence-corrected chi connectivity index (χ4v) is 0.0719. The molecule has 0 rings (SSSR count). The van der Waals surface area contributed by atoms with E-state index in [0.717, 1.165) is 12.9 Å². The molecule has 0 aliphatic carbocycles. The summed E-state index contributed by atoms with van der Waals surface area (Å²) in [5.74, 6) is 0.602. The summed E-state index contributed by atoms with van der Waals surface area (Å²) in [6.07, 6.45) is 0. The van der Waals surface area contributed by atoms with Crippen LogP contribution < -0.4 is 0 Å². The highest BCUT2D eigenvalue weighted by atomic mass is 16.1. The van der Waals surface area contributed by atoms with Gasteiger partial charge in [-0.25, -0.2) is 4.79 Å². The first-order valence-corrected chi connectivity index (χ1v) is 1.41. The molecule has 0 spiro atoms. The van der Waals surface area contributed by atoms with Crippen LogP contribution in [0.5, 0.6) is 0 Å². The standard InChI is InChI=1S/C4H4O2/c1-4(6)2-3-5/h2H,1H3/i2D. The smallest absolute Gasteiger partial charge is 0.163 e. The minimum Gasteiger partial charge on any atom is -0.294 e. The van der Waals surface area contributed by atoms with Crippen LogP contribution in [0.1, 0.15) is 8.29 Å². The van der Waals surface area contributed by atoms with Gasteiger partial charge in [0.1, 0.15) is 5.94 Å². The number of allylic oxidation sites excluding steroid dienone is 1. The van der Waals surface area contributed by atoms with E-state index in [1.807, 2.05) is 0 Å². The average Bonchev–Trinajstić information content (AvgIpc) is 1.65. The fourth-order valence-electron chi connectivity index (χ4n) is 0.0719. The van der Waals surface area contributed by atoms with Gasteiger partial charge < -0.3 is 0 Å². The Balaban J connectivity index is 4.10. The van der Waals surface area contributed by atoms with Crippen LogP contribution in [-0.2, 0) is 9.59 Å². The van der Waals surface area contributed by atoms with Crippen LogP contribution >= 0.6 is 0 Å². The molecule has 0 atom stereocenters. The number of carbonyl (C=O) groups is 1. The summed E-state index contributed by atoms with van der Waals surface area (Å²) in [4.78, 5) is 19.3. The predicted molar refractivity (Wildman–Crippen MR) is 20.9 cm³/mol. The monoisotopic (exact) mass is 85.0 g/mol. The van der Waals surface area contributed by atoms with Crippen molar-refractivity contribution < 1.29 is 11.0 Å². The average molecular weight is 85.1 g/mol. The summed E-state index contributed by atoms with van der Waals surface area (Å²) in [5, 5.41) is 0. The van der Waals surface area contributed by atoms with Crippen LogP contribution in [0.25, 0.3) is 0 Å². The van der Waals surface area contributed by atoms with Crippen molar-refractivity contribution in [2.24, 2.45) is 0 Å². The maximum atomic E-state index is 9.89. The Morgan fingerprint density at radius 1 is 2.17 bits per heavy atom. The molecule has 0 heterocycles. The van der Waals surface area contributed by atoms with E-state index < -0.39 is 11.8 Å². The van der Waals surface area contributed by atoms with Gasteiger partial charge in [-0.15, -0.1) is 0 Å². The summed E-state index contributed by atoms with van der Waals surface area (Å²) < 4.78 is 6.42. The number of ketones is 1. The molecule has 0 N–H and O–H groups in total. The topological polar surface area (TPSA) is 34.1 Å². The lowest BCUT2D eigenvalue weighted by molar-refractivity contribution is -0.112. The number of rotatable bonds is 1. The van der Waals surface area contributed by atoms with Crippen LogP contribution in [0.4, 0.5) is 0 Å². The molecule has 6 heavy (non-hydrogen) atoms. The van der Waals surface area contributed by atoms with Crippen molar-refractivity contribution >= 4 is 11.7 Å². The van der Waals surface area contributed by atoms with Gasteiger partial charge in [-0.3, -0.25) is 4.79 Å². The molecule has 0 aromatic heterocycles. The molecule has 0 amide bonds. The van der Waals surface area contributed by atoms with Crippen molar-refractivity contribution in [3.05, 3.63) is 6.05 Å². The van der Waals surface area contributed by atoms with E-state index in [1.54, 1.807) is 0 Å². The fraction of sp³-hybridized carbons (Fsp3) is 0.250. The molecular weight excluding hydrogens is 80.0 g/mol. The molecular formula is C4H4O2. The number of carbonyl (C=O) groups excluding carboxylic acids is 2. The Hall–Kier alpha value is -0.880. The molecule has 2 nitrogen and oxygen atoms in total. The first-order valence-electron chi connectivity index (χ1n) is 1.91. The Labute approximate surface area is 36.9 Å². The molecule has 0 aliphatic rings. The molecule has 0 radical (unpaired) electrons. The molecule has 0 aliphatic heterocycles. The molecule has 0 saturated carbocycles. The van der Waals surface area contributed by atoms with Crippen LogP contribution in [0.3, 0.4) is 0 Å². The first kappa shape index (κ1) is 3.32. The predicted octanol–water partition coefficient (Wildman–Crippen LogP) is -0.0368. The highest BCUT2D eigenvalue weighted by Gasteiger charge is 1.75. The minimum absolute atomic E-state index is 0.546. The SMILES string of the molecule is [2H]C(=C=O)C(C)=O. The second kappa shape index (κ2) is 2.36. The van der Waals surface area contributed by atoms with Gasteiger partial charge in [0.2, 0.25) is 0 Å². The van der Waals surface area contributed by atoms with Crippen molar-refractivity contribution in [3.63, 3.8) is 0 Å². The highest BCUT2D eigenvalue weighted by Crippen LogP contribution is 1.59. The second-order valence-corrected chi connectivity index (χ2v) is 0.783. The van der Waals surface area contributed by atoms with Crippen LogP contribution in [0.15, 0.2) is 6.05 Å². The van der Waals surface area contributed by atoms with Gasteiger partial charge in [-0.1, -0.05) is 0 Å². The quantitative estimate of drug-likeness (QED) is 0.331. The van der Waals surface area contributed by atoms with E-state index in [1.165, 1.54) is 0 Å². The molecule has 0 aromatic carbocycles. The first-order chi connectivity index (χ1) is 3.18. The molecule has 2 heteroatoms. The van der Waals surface area contributed by atoms with Gasteiger partial charge in [0.15, 0.2) is 5.78 Å². The number of hydrogen-bond acceptors (Lipinski definition) is 2. The van der Waals surface area contributed by atoms with Crippen molar-refractivity contribution in [2.75, 3.05) is 0 Å². The lowest BCUT2D eigenvalue weighted by Gasteiger charge is -1.61. The zero-order valence-electron chi connectivity index (χ0n) is 4.32. The van der Waals surface area contributed by atoms with Gasteiger partial charge in [0.05, 0.1) is 7.42 Å². The van der Waals surface area contributed by atoms with Crippen LogP contribution in [0, 0.1) is 0 Å². The van der Waals surface area contributed by atoms with Gasteiger partial charge in [0, 0.05) is 0 Å². The van der Waals surface area contributed by atoms with Crippen molar-refractivity contribution in [1.82, 2.24) is 0 Å². The van der Waals surface area contributed by atoms with Crippen molar-refractivity contribution in [1.29, 1.82) is 0 Å². The van der Waals surface area contributed by atoms with Gasteiger partial charge in [0.25, 0.3) is 0 Å². The molecule has 0 aromatic rings. The molecule has 32 valence electrons. The summed E-state index contributed by atoms with van der Waals surface area (Å²) in [6.45, 7) is 1.15. The third-order valence-corrected chi connectivity index (χ3v) is 0.227. The summed E-state index contributed by atoms with van der Waals surface area (Å²) >= 11 is 0. The minimum atomic E-state index is -0.597. The Kier molecular flexibility index (Phi) is 1.31. The lowest BCUT2D eigenvalue weighted by atomic mass is 10.5. The van der Waals surface area contributed by atoms with Crippen LogP contribution in [-0.4, -0.2) is 11.7 Å². The summed E-state index contributed by atoms with van der Waals surface area (Å²) in [7, 11) is 0. The van der Waals surface area contributed by atoms with Gasteiger partial charge in [-0.05, 0) is 6.92 Å². The summed E-state index contributed by atoms with van der Waals surface area (Å²) in [6, 6.07) is -0.597. The Morgan fingerprint density at radius 2 is 2.67 bits per heavy atom. The second-order valence-electron chi connectivity index (χ2n) is 0.783. The Morgan fingerprint density at radius 3 is 2.67 bits per heavy atom. The zero-order chi connectivity index (χ0) is 5.86. The number of hydrogen-bond donors (Lipinski definition) is 0. The molecule has 0 bridgehead atoms. The molecule has 0 unspecified atom stereocenters.